The molecule has 2 aliphatic rings. The quantitative estimate of drug-likeness (QED) is 0.369. The maximum atomic E-state index is 11.8. The highest BCUT2D eigenvalue weighted by Gasteiger charge is 2.35. The summed E-state index contributed by atoms with van der Waals surface area (Å²) in [6.45, 7) is 1.08. The number of anilines is 1. The van der Waals surface area contributed by atoms with E-state index in [0.29, 0.717) is 24.4 Å². The summed E-state index contributed by atoms with van der Waals surface area (Å²) in [5.41, 5.74) is 3.40. The molecule has 3 N–H and O–H groups in total. The summed E-state index contributed by atoms with van der Waals surface area (Å²) in [7, 11) is 0. The number of H-pyrrole nitrogens is 1. The minimum absolute atomic E-state index is 0.0395. The average Bonchev–Trinajstić information content (AvgIpc) is 3.58. The number of nitrogens with one attached hydrogen (secondary N) is 2. The van der Waals surface area contributed by atoms with Gasteiger partial charge in [0.25, 0.3) is 0 Å². The Labute approximate surface area is 210 Å². The molecule has 1 aromatic carbocycles. The summed E-state index contributed by atoms with van der Waals surface area (Å²) in [6, 6.07) is 14.1. The molecule has 0 saturated heterocycles. The second kappa shape index (κ2) is 11.2. The molecule has 2 atom stereocenters. The van der Waals surface area contributed by atoms with Gasteiger partial charge in [0.15, 0.2) is 5.82 Å². The third-order valence-corrected chi connectivity index (χ3v) is 6.67. The van der Waals surface area contributed by atoms with E-state index in [4.69, 9.17) is 19.4 Å². The fourth-order valence-corrected chi connectivity index (χ4v) is 4.94. The molecule has 2 aromatic heterocycles. The van der Waals surface area contributed by atoms with Gasteiger partial charge in [-0.05, 0) is 55.2 Å². The van der Waals surface area contributed by atoms with Gasteiger partial charge in [-0.3, -0.25) is 9.89 Å². The first-order chi connectivity index (χ1) is 17.7. The minimum atomic E-state index is -0.872. The molecule has 0 bridgehead atoms. The summed E-state index contributed by atoms with van der Waals surface area (Å²) in [5.74, 6) is 1.27. The van der Waals surface area contributed by atoms with Crippen LogP contribution >= 0.6 is 0 Å². The second-order valence-electron chi connectivity index (χ2n) is 9.31. The van der Waals surface area contributed by atoms with Crippen molar-refractivity contribution in [1.82, 2.24) is 20.2 Å². The molecular weight excluding hydrogens is 458 g/mol. The number of fused-ring (bicyclic) bond motifs is 1. The third kappa shape index (κ3) is 5.84. The van der Waals surface area contributed by atoms with Crippen LogP contribution in [0.4, 0.5) is 5.82 Å². The molecule has 3 aromatic rings. The molecule has 0 spiro atoms. The number of carbonyl (C=O) groups is 1. The molecular formula is C27H31N5O4. The topological polar surface area (TPSA) is 122 Å². The molecule has 0 aliphatic carbocycles. The number of benzene rings is 1. The zero-order chi connectivity index (χ0) is 24.7. The van der Waals surface area contributed by atoms with Crippen molar-refractivity contribution in [3.8, 4) is 0 Å². The van der Waals surface area contributed by atoms with Crippen molar-refractivity contribution in [1.29, 1.82) is 0 Å². The van der Waals surface area contributed by atoms with E-state index in [1.54, 1.807) is 6.26 Å². The van der Waals surface area contributed by atoms with Crippen LogP contribution in [-0.2, 0) is 40.0 Å². The molecule has 4 heterocycles. The number of pyridine rings is 1. The molecule has 0 fully saturated rings. The van der Waals surface area contributed by atoms with Crippen LogP contribution in [0.1, 0.15) is 53.7 Å². The first-order valence-corrected chi connectivity index (χ1v) is 12.5. The second-order valence-corrected chi connectivity index (χ2v) is 9.31. The Hall–Kier alpha value is -3.88. The number of hydrogen-bond acceptors (Lipinski definition) is 7. The number of carboxylic acids is 1. The van der Waals surface area contributed by atoms with Crippen LogP contribution < -0.4 is 5.32 Å². The zero-order valence-electron chi connectivity index (χ0n) is 20.2. The summed E-state index contributed by atoms with van der Waals surface area (Å²) < 4.78 is 11.0. The maximum Gasteiger partial charge on any atom is 0.303 e. The first-order valence-electron chi connectivity index (χ1n) is 12.5. The average molecular weight is 490 g/mol. The van der Waals surface area contributed by atoms with E-state index in [1.165, 1.54) is 5.56 Å². The lowest BCUT2D eigenvalue weighted by molar-refractivity contribution is -0.138. The van der Waals surface area contributed by atoms with Gasteiger partial charge in [-0.2, -0.15) is 5.10 Å². The number of allylic oxidation sites excluding steroid dienone is 1. The Bertz CT molecular complexity index is 1210. The van der Waals surface area contributed by atoms with Crippen LogP contribution in [0.3, 0.4) is 0 Å². The van der Waals surface area contributed by atoms with Crippen molar-refractivity contribution in [2.75, 3.05) is 18.7 Å². The molecule has 188 valence electrons. The number of aromatic amines is 1. The number of carboxylic acid groups (broad SMARTS) is 1. The number of rotatable bonds is 11. The van der Waals surface area contributed by atoms with E-state index in [0.717, 1.165) is 55.1 Å². The molecule has 2 aliphatic heterocycles. The number of aryl methyl sites for hydroxylation is 3. The molecule has 0 amide bonds. The largest absolute Gasteiger partial charge is 0.481 e. The highest BCUT2D eigenvalue weighted by Crippen LogP contribution is 2.37. The van der Waals surface area contributed by atoms with E-state index in [-0.39, 0.29) is 19.1 Å². The summed E-state index contributed by atoms with van der Waals surface area (Å²) in [5, 5.41) is 20.6. The van der Waals surface area contributed by atoms with Crippen LogP contribution in [-0.4, -0.2) is 44.6 Å². The van der Waals surface area contributed by atoms with E-state index in [2.05, 4.69) is 27.6 Å². The molecule has 0 radical (unpaired) electrons. The fourth-order valence-electron chi connectivity index (χ4n) is 4.94. The highest BCUT2D eigenvalue weighted by atomic mass is 16.7. The third-order valence-electron chi connectivity index (χ3n) is 6.67. The van der Waals surface area contributed by atoms with Crippen molar-refractivity contribution in [3.05, 3.63) is 83.0 Å². The van der Waals surface area contributed by atoms with Gasteiger partial charge < -0.3 is 19.9 Å². The van der Waals surface area contributed by atoms with Gasteiger partial charge in [-0.25, -0.2) is 9.97 Å². The van der Waals surface area contributed by atoms with Gasteiger partial charge in [-0.15, -0.1) is 0 Å². The molecule has 36 heavy (non-hydrogen) atoms. The SMILES string of the molecule is O=C(O)CC(Cc1ccccc1)C(C1=COCO1)c1n[nH]c(CCCc2ccc3c(n2)NCCC3)n1. The van der Waals surface area contributed by atoms with E-state index in [1.807, 2.05) is 30.3 Å². The van der Waals surface area contributed by atoms with Crippen LogP contribution in [0.5, 0.6) is 0 Å². The lowest BCUT2D eigenvalue weighted by Gasteiger charge is -2.23. The van der Waals surface area contributed by atoms with E-state index in [9.17, 15) is 9.90 Å². The monoisotopic (exact) mass is 489 g/mol. The Kier molecular flexibility index (Phi) is 7.44. The van der Waals surface area contributed by atoms with Crippen molar-refractivity contribution in [2.24, 2.45) is 5.92 Å². The Balaban J connectivity index is 1.29. The molecule has 5 rings (SSSR count). The van der Waals surface area contributed by atoms with Gasteiger partial charge in [-0.1, -0.05) is 36.4 Å². The fraction of sp³-hybridized carbons (Fsp3) is 0.407. The minimum Gasteiger partial charge on any atom is -0.481 e. The lowest BCUT2D eigenvalue weighted by Crippen LogP contribution is -2.22. The van der Waals surface area contributed by atoms with Crippen molar-refractivity contribution < 1.29 is 19.4 Å². The smallest absolute Gasteiger partial charge is 0.303 e. The van der Waals surface area contributed by atoms with Gasteiger partial charge >= 0.3 is 5.97 Å². The summed E-state index contributed by atoms with van der Waals surface area (Å²) >= 11 is 0. The van der Waals surface area contributed by atoms with E-state index < -0.39 is 11.9 Å². The number of ether oxygens (including phenoxy) is 2. The Morgan fingerprint density at radius 3 is 2.81 bits per heavy atom. The lowest BCUT2D eigenvalue weighted by atomic mass is 9.82. The first kappa shape index (κ1) is 23.8. The van der Waals surface area contributed by atoms with Gasteiger partial charge in [0, 0.05) is 25.1 Å². The zero-order valence-corrected chi connectivity index (χ0v) is 20.2. The predicted molar refractivity (Wildman–Crippen MR) is 133 cm³/mol. The highest BCUT2D eigenvalue weighted by molar-refractivity contribution is 5.67. The van der Waals surface area contributed by atoms with Crippen LogP contribution in [0, 0.1) is 5.92 Å². The van der Waals surface area contributed by atoms with Crippen LogP contribution in [0.15, 0.2) is 54.5 Å². The number of nitrogens with zero attached hydrogens (tertiary/aromatic N) is 3. The predicted octanol–water partition coefficient (Wildman–Crippen LogP) is 4.00. The van der Waals surface area contributed by atoms with Gasteiger partial charge in [0.2, 0.25) is 6.79 Å². The standard InChI is InChI=1S/C27H31N5O4/c33-24(34)15-20(14-18-6-2-1-3-7-18)25(22-16-35-17-36-22)27-30-23(31-32-27)10-4-9-21-12-11-19-8-5-13-28-26(19)29-21/h1-3,6-7,11-12,16,20,25H,4-5,8-10,13-15,17H2,(H,28,29)(H,33,34)(H,30,31,32). The molecule has 2 unspecified atom stereocenters. The molecule has 0 saturated carbocycles. The van der Waals surface area contributed by atoms with Gasteiger partial charge in [0.05, 0.1) is 5.92 Å². The molecule has 9 heteroatoms. The number of aliphatic carboxylic acids is 1. The normalized spacial score (nSPS) is 16.2. The number of aromatic nitrogens is 4. The van der Waals surface area contributed by atoms with Gasteiger partial charge in [0.1, 0.15) is 23.7 Å². The maximum absolute atomic E-state index is 11.8. The van der Waals surface area contributed by atoms with E-state index >= 15 is 0 Å². The number of hydrogen-bond donors (Lipinski definition) is 3. The van der Waals surface area contributed by atoms with Crippen LogP contribution in [0.2, 0.25) is 0 Å². The summed E-state index contributed by atoms with van der Waals surface area (Å²) in [4.78, 5) is 21.3. The summed E-state index contributed by atoms with van der Waals surface area (Å²) in [6.07, 6.45) is 6.72. The van der Waals surface area contributed by atoms with Crippen molar-refractivity contribution >= 4 is 11.8 Å². The Morgan fingerprint density at radius 2 is 2.00 bits per heavy atom. The molecule has 9 nitrogen and oxygen atoms in total. The Morgan fingerprint density at radius 1 is 1.11 bits per heavy atom. The van der Waals surface area contributed by atoms with Crippen molar-refractivity contribution in [2.45, 2.75) is 50.9 Å². The van der Waals surface area contributed by atoms with Crippen molar-refractivity contribution in [3.63, 3.8) is 0 Å². The van der Waals surface area contributed by atoms with Crippen LogP contribution in [0.25, 0.3) is 0 Å².